The van der Waals surface area contributed by atoms with Crippen LogP contribution in [0.2, 0.25) is 0 Å². The van der Waals surface area contributed by atoms with Crippen LogP contribution in [0.15, 0.2) is 23.7 Å². The van der Waals surface area contributed by atoms with Crippen LogP contribution in [0.4, 0.5) is 13.2 Å². The molecule has 1 aromatic rings. The zero-order chi connectivity index (χ0) is 13.4. The van der Waals surface area contributed by atoms with Crippen molar-refractivity contribution in [3.05, 3.63) is 18.7 Å². The highest BCUT2D eigenvalue weighted by molar-refractivity contribution is 14.0. The number of hydrogen-bond donors (Lipinski definition) is 2. The Hall–Kier alpha value is -1.00. The van der Waals surface area contributed by atoms with E-state index in [1.54, 1.807) is 12.5 Å². The molecule has 0 unspecified atom stereocenters. The van der Waals surface area contributed by atoms with Gasteiger partial charge in [-0.25, -0.2) is 4.98 Å². The van der Waals surface area contributed by atoms with Gasteiger partial charge in [0.25, 0.3) is 0 Å². The van der Waals surface area contributed by atoms with Gasteiger partial charge in [0, 0.05) is 39.1 Å². The lowest BCUT2D eigenvalue weighted by Gasteiger charge is -2.12. The number of guanidine groups is 1. The van der Waals surface area contributed by atoms with E-state index in [1.165, 1.54) is 7.05 Å². The molecule has 110 valence electrons. The Morgan fingerprint density at radius 2 is 2.00 bits per heavy atom. The topological polar surface area (TPSA) is 54.2 Å². The molecule has 9 heteroatoms. The predicted molar refractivity (Wildman–Crippen MR) is 77.7 cm³/mol. The van der Waals surface area contributed by atoms with Gasteiger partial charge in [0.15, 0.2) is 5.96 Å². The Morgan fingerprint density at radius 3 is 2.53 bits per heavy atom. The average Bonchev–Trinajstić information content (AvgIpc) is 2.78. The molecule has 5 nitrogen and oxygen atoms in total. The van der Waals surface area contributed by atoms with Gasteiger partial charge in [-0.15, -0.1) is 24.0 Å². The fourth-order valence-electron chi connectivity index (χ4n) is 1.27. The van der Waals surface area contributed by atoms with Gasteiger partial charge in [0.2, 0.25) is 0 Å². The minimum Gasteiger partial charge on any atom is -0.356 e. The SMILES string of the molecule is CN=C(NCCn1ccnc1)NCCC(F)(F)F.I. The third kappa shape index (κ3) is 8.67. The van der Waals surface area contributed by atoms with Crippen LogP contribution in [0.3, 0.4) is 0 Å². The van der Waals surface area contributed by atoms with Gasteiger partial charge < -0.3 is 15.2 Å². The Labute approximate surface area is 126 Å². The number of halogens is 4. The van der Waals surface area contributed by atoms with Crippen molar-refractivity contribution in [1.29, 1.82) is 0 Å². The first-order valence-electron chi connectivity index (χ1n) is 5.48. The molecule has 0 saturated heterocycles. The van der Waals surface area contributed by atoms with Crippen LogP contribution in [0.25, 0.3) is 0 Å². The Kier molecular flexibility index (Phi) is 8.52. The highest BCUT2D eigenvalue weighted by Gasteiger charge is 2.26. The van der Waals surface area contributed by atoms with Gasteiger partial charge in [-0.1, -0.05) is 0 Å². The number of nitrogens with one attached hydrogen (secondary N) is 2. The molecule has 0 spiro atoms. The quantitative estimate of drug-likeness (QED) is 0.456. The van der Waals surface area contributed by atoms with E-state index in [2.05, 4.69) is 20.6 Å². The zero-order valence-corrected chi connectivity index (χ0v) is 12.8. The number of hydrogen-bond acceptors (Lipinski definition) is 2. The van der Waals surface area contributed by atoms with Crippen LogP contribution >= 0.6 is 24.0 Å². The van der Waals surface area contributed by atoms with E-state index < -0.39 is 12.6 Å². The number of aromatic nitrogens is 2. The summed E-state index contributed by atoms with van der Waals surface area (Å²) in [5.41, 5.74) is 0. The number of aliphatic imine (C=N–C) groups is 1. The van der Waals surface area contributed by atoms with Gasteiger partial charge in [0.1, 0.15) is 0 Å². The van der Waals surface area contributed by atoms with Crippen LogP contribution in [-0.2, 0) is 6.54 Å². The molecule has 0 aliphatic heterocycles. The molecule has 0 fully saturated rings. The predicted octanol–water partition coefficient (Wildman–Crippen LogP) is 1.62. The fraction of sp³-hybridized carbons (Fsp3) is 0.600. The third-order valence-electron chi connectivity index (χ3n) is 2.15. The summed E-state index contributed by atoms with van der Waals surface area (Å²) in [7, 11) is 1.51. The van der Waals surface area contributed by atoms with Crippen molar-refractivity contribution < 1.29 is 13.2 Å². The molecule has 0 aliphatic carbocycles. The number of nitrogens with zero attached hydrogens (tertiary/aromatic N) is 3. The Bertz CT molecular complexity index is 364. The third-order valence-corrected chi connectivity index (χ3v) is 2.15. The number of alkyl halides is 3. The maximum Gasteiger partial charge on any atom is 0.390 e. The van der Waals surface area contributed by atoms with Crippen LogP contribution in [0.5, 0.6) is 0 Å². The van der Waals surface area contributed by atoms with E-state index >= 15 is 0 Å². The molecule has 0 saturated carbocycles. The van der Waals surface area contributed by atoms with E-state index in [1.807, 2.05) is 10.8 Å². The van der Waals surface area contributed by atoms with E-state index in [0.29, 0.717) is 19.0 Å². The van der Waals surface area contributed by atoms with Crippen molar-refractivity contribution in [3.8, 4) is 0 Å². The molecule has 0 radical (unpaired) electrons. The zero-order valence-electron chi connectivity index (χ0n) is 10.4. The molecular weight excluding hydrogens is 374 g/mol. The second-order valence-corrected chi connectivity index (χ2v) is 3.59. The molecule has 0 aromatic carbocycles. The van der Waals surface area contributed by atoms with E-state index in [9.17, 15) is 13.2 Å². The maximum atomic E-state index is 11.9. The maximum absolute atomic E-state index is 11.9. The Balaban J connectivity index is 0.00000324. The van der Waals surface area contributed by atoms with Crippen molar-refractivity contribution in [2.75, 3.05) is 20.1 Å². The van der Waals surface area contributed by atoms with Crippen LogP contribution < -0.4 is 10.6 Å². The summed E-state index contributed by atoms with van der Waals surface area (Å²) in [5, 5.41) is 5.52. The monoisotopic (exact) mass is 391 g/mol. The van der Waals surface area contributed by atoms with E-state index in [-0.39, 0.29) is 30.5 Å². The second-order valence-electron chi connectivity index (χ2n) is 3.59. The summed E-state index contributed by atoms with van der Waals surface area (Å²) in [5.74, 6) is 0.361. The minimum atomic E-state index is -4.15. The molecule has 19 heavy (non-hydrogen) atoms. The molecule has 0 amide bonds. The molecule has 0 aliphatic rings. The van der Waals surface area contributed by atoms with Crippen molar-refractivity contribution in [1.82, 2.24) is 20.2 Å². The molecule has 0 atom stereocenters. The van der Waals surface area contributed by atoms with Gasteiger partial charge >= 0.3 is 6.18 Å². The lowest BCUT2D eigenvalue weighted by atomic mass is 10.4. The summed E-state index contributed by atoms with van der Waals surface area (Å²) in [6.07, 6.45) is 0.108. The first-order chi connectivity index (χ1) is 8.51. The minimum absolute atomic E-state index is 0. The fourth-order valence-corrected chi connectivity index (χ4v) is 1.27. The summed E-state index contributed by atoms with van der Waals surface area (Å²) < 4.78 is 37.7. The van der Waals surface area contributed by atoms with Crippen LogP contribution in [0, 0.1) is 0 Å². The lowest BCUT2D eigenvalue weighted by molar-refractivity contribution is -0.132. The molecule has 1 aromatic heterocycles. The average molecular weight is 391 g/mol. The van der Waals surface area contributed by atoms with E-state index in [0.717, 1.165) is 0 Å². The highest BCUT2D eigenvalue weighted by Crippen LogP contribution is 2.17. The molecule has 1 rings (SSSR count). The first kappa shape index (κ1) is 18.0. The molecule has 0 bridgehead atoms. The number of rotatable bonds is 5. The van der Waals surface area contributed by atoms with Crippen molar-refractivity contribution in [3.63, 3.8) is 0 Å². The molecule has 1 heterocycles. The van der Waals surface area contributed by atoms with Crippen LogP contribution in [-0.4, -0.2) is 41.8 Å². The van der Waals surface area contributed by atoms with Crippen LogP contribution in [0.1, 0.15) is 6.42 Å². The summed E-state index contributed by atoms with van der Waals surface area (Å²) in [4.78, 5) is 7.71. The summed E-state index contributed by atoms with van der Waals surface area (Å²) >= 11 is 0. The smallest absolute Gasteiger partial charge is 0.356 e. The van der Waals surface area contributed by atoms with Gasteiger partial charge in [-0.2, -0.15) is 13.2 Å². The lowest BCUT2D eigenvalue weighted by Crippen LogP contribution is -2.40. The normalized spacial score (nSPS) is 11.9. The largest absolute Gasteiger partial charge is 0.390 e. The molecular formula is C10H17F3IN5. The van der Waals surface area contributed by atoms with Crippen molar-refractivity contribution in [2.24, 2.45) is 4.99 Å². The van der Waals surface area contributed by atoms with Gasteiger partial charge in [-0.3, -0.25) is 4.99 Å². The van der Waals surface area contributed by atoms with Crippen molar-refractivity contribution >= 4 is 29.9 Å². The molecule has 2 N–H and O–H groups in total. The number of imidazole rings is 1. The standard InChI is InChI=1S/C10H16F3N5.HI/c1-14-9(16-3-2-10(11,12)13)17-5-7-18-6-4-15-8-18;/h4,6,8H,2-3,5,7H2,1H3,(H2,14,16,17);1H. The summed E-state index contributed by atoms with van der Waals surface area (Å²) in [6.45, 7) is 1.04. The highest BCUT2D eigenvalue weighted by atomic mass is 127. The Morgan fingerprint density at radius 1 is 1.32 bits per heavy atom. The van der Waals surface area contributed by atoms with Crippen molar-refractivity contribution in [2.45, 2.75) is 19.1 Å². The second kappa shape index (κ2) is 8.99. The van der Waals surface area contributed by atoms with Gasteiger partial charge in [0.05, 0.1) is 12.7 Å². The van der Waals surface area contributed by atoms with E-state index in [4.69, 9.17) is 0 Å². The summed E-state index contributed by atoms with van der Waals surface area (Å²) in [6, 6.07) is 0. The first-order valence-corrected chi connectivity index (χ1v) is 5.48. The van der Waals surface area contributed by atoms with Gasteiger partial charge in [-0.05, 0) is 0 Å².